The molecule has 3 heterocycles. The van der Waals surface area contributed by atoms with Gasteiger partial charge in [-0.25, -0.2) is 13.4 Å². The predicted octanol–water partition coefficient (Wildman–Crippen LogP) is 2.08. The number of imidazole rings is 1. The largest absolute Gasteiger partial charge is 0.372 e. The average Bonchev–Trinajstić information content (AvgIpc) is 3.29. The first-order chi connectivity index (χ1) is 11.6. The second-order valence-electron chi connectivity index (χ2n) is 6.46. The van der Waals surface area contributed by atoms with E-state index < -0.39 is 10.0 Å². The number of aryl methyl sites for hydroxylation is 1. The van der Waals surface area contributed by atoms with Crippen LogP contribution in [0.3, 0.4) is 0 Å². The standard InChI is InChI=1S/C17H21N3O3S/c1-13-18-6-8-19(13)10-16-3-2-7-20(16)24(21,22)17-5-4-14-11-23-12-15(14)9-17/h4-6,8-9,16H,2-3,7,10-12H2,1H3/t16-/m0/s1. The number of fused-ring (bicyclic) bond motifs is 1. The van der Waals surface area contributed by atoms with Gasteiger partial charge in [0.25, 0.3) is 0 Å². The summed E-state index contributed by atoms with van der Waals surface area (Å²) in [6.07, 6.45) is 5.44. The van der Waals surface area contributed by atoms with Crippen molar-refractivity contribution in [2.75, 3.05) is 6.54 Å². The van der Waals surface area contributed by atoms with Crippen molar-refractivity contribution in [1.82, 2.24) is 13.9 Å². The number of ether oxygens (including phenoxy) is 1. The molecule has 0 radical (unpaired) electrons. The third-order valence-corrected chi connectivity index (χ3v) is 6.90. The van der Waals surface area contributed by atoms with E-state index in [4.69, 9.17) is 4.74 Å². The molecule has 0 unspecified atom stereocenters. The van der Waals surface area contributed by atoms with Gasteiger partial charge in [-0.2, -0.15) is 4.31 Å². The molecule has 0 N–H and O–H groups in total. The molecule has 0 amide bonds. The number of rotatable bonds is 4. The molecule has 0 aliphatic carbocycles. The van der Waals surface area contributed by atoms with Crippen LogP contribution in [-0.2, 0) is 34.5 Å². The average molecular weight is 347 g/mol. The minimum absolute atomic E-state index is 0.0209. The molecule has 0 spiro atoms. The Morgan fingerprint density at radius 1 is 1.29 bits per heavy atom. The molecule has 0 bridgehead atoms. The van der Waals surface area contributed by atoms with Gasteiger partial charge in [-0.15, -0.1) is 0 Å². The van der Waals surface area contributed by atoms with E-state index in [1.54, 1.807) is 22.6 Å². The fraction of sp³-hybridized carbons (Fsp3) is 0.471. The summed E-state index contributed by atoms with van der Waals surface area (Å²) < 4.78 is 35.3. The van der Waals surface area contributed by atoms with Crippen molar-refractivity contribution in [2.24, 2.45) is 0 Å². The molecule has 0 saturated carbocycles. The van der Waals surface area contributed by atoms with Crippen LogP contribution in [0.25, 0.3) is 0 Å². The maximum atomic E-state index is 13.1. The summed E-state index contributed by atoms with van der Waals surface area (Å²) in [5.74, 6) is 0.911. The second kappa shape index (κ2) is 5.98. The first-order valence-corrected chi connectivity index (χ1v) is 9.69. The number of hydrogen-bond donors (Lipinski definition) is 0. The Balaban J connectivity index is 1.62. The smallest absolute Gasteiger partial charge is 0.243 e. The minimum atomic E-state index is -3.48. The van der Waals surface area contributed by atoms with Gasteiger partial charge in [-0.05, 0) is 43.0 Å². The normalized spacial score (nSPS) is 21.3. The molecule has 7 heteroatoms. The van der Waals surface area contributed by atoms with Crippen molar-refractivity contribution in [3.8, 4) is 0 Å². The van der Waals surface area contributed by atoms with Crippen LogP contribution in [0.5, 0.6) is 0 Å². The van der Waals surface area contributed by atoms with Gasteiger partial charge in [0.2, 0.25) is 10.0 Å². The molecular formula is C17H21N3O3S. The molecule has 128 valence electrons. The third kappa shape index (κ3) is 2.66. The number of hydrogen-bond acceptors (Lipinski definition) is 4. The Kier molecular flexibility index (Phi) is 3.94. The molecule has 1 saturated heterocycles. The van der Waals surface area contributed by atoms with E-state index in [9.17, 15) is 8.42 Å². The lowest BCUT2D eigenvalue weighted by molar-refractivity contribution is 0.134. The lowest BCUT2D eigenvalue weighted by atomic mass is 10.1. The van der Waals surface area contributed by atoms with E-state index in [0.717, 1.165) is 29.8 Å². The molecule has 24 heavy (non-hydrogen) atoms. The highest BCUT2D eigenvalue weighted by Gasteiger charge is 2.36. The van der Waals surface area contributed by atoms with Crippen molar-refractivity contribution in [3.05, 3.63) is 47.5 Å². The van der Waals surface area contributed by atoms with Crippen molar-refractivity contribution >= 4 is 10.0 Å². The fourth-order valence-electron chi connectivity index (χ4n) is 3.58. The highest BCUT2D eigenvalue weighted by atomic mass is 32.2. The summed E-state index contributed by atoms with van der Waals surface area (Å²) in [5.41, 5.74) is 2.07. The summed E-state index contributed by atoms with van der Waals surface area (Å²) in [4.78, 5) is 4.60. The van der Waals surface area contributed by atoms with Crippen molar-refractivity contribution in [3.63, 3.8) is 0 Å². The summed E-state index contributed by atoms with van der Waals surface area (Å²) >= 11 is 0. The molecule has 1 aromatic heterocycles. The van der Waals surface area contributed by atoms with Gasteiger partial charge in [0.05, 0.1) is 18.1 Å². The molecule has 2 aliphatic heterocycles. The van der Waals surface area contributed by atoms with Gasteiger partial charge in [0, 0.05) is 31.5 Å². The maximum absolute atomic E-state index is 13.1. The van der Waals surface area contributed by atoms with Crippen molar-refractivity contribution in [1.29, 1.82) is 0 Å². The zero-order valence-corrected chi connectivity index (χ0v) is 14.5. The lowest BCUT2D eigenvalue weighted by Gasteiger charge is -2.25. The number of aromatic nitrogens is 2. The summed E-state index contributed by atoms with van der Waals surface area (Å²) in [5, 5.41) is 0. The topological polar surface area (TPSA) is 64.4 Å². The van der Waals surface area contributed by atoms with Crippen LogP contribution in [0, 0.1) is 6.92 Å². The number of benzene rings is 1. The number of nitrogens with zero attached hydrogens (tertiary/aromatic N) is 3. The second-order valence-corrected chi connectivity index (χ2v) is 8.35. The Labute approximate surface area is 142 Å². The number of sulfonamides is 1. The van der Waals surface area contributed by atoms with Crippen LogP contribution in [-0.4, -0.2) is 34.9 Å². The zero-order valence-electron chi connectivity index (χ0n) is 13.7. The van der Waals surface area contributed by atoms with Gasteiger partial charge < -0.3 is 9.30 Å². The van der Waals surface area contributed by atoms with Crippen LogP contribution in [0.4, 0.5) is 0 Å². The van der Waals surface area contributed by atoms with E-state index in [2.05, 4.69) is 4.98 Å². The molecule has 1 atom stereocenters. The fourth-order valence-corrected chi connectivity index (χ4v) is 5.31. The van der Waals surface area contributed by atoms with Crippen LogP contribution >= 0.6 is 0 Å². The molecule has 4 rings (SSSR count). The van der Waals surface area contributed by atoms with E-state index in [1.807, 2.05) is 23.8 Å². The summed E-state index contributed by atoms with van der Waals surface area (Å²) in [6, 6.07) is 5.34. The van der Waals surface area contributed by atoms with Gasteiger partial charge >= 0.3 is 0 Å². The maximum Gasteiger partial charge on any atom is 0.243 e. The highest BCUT2D eigenvalue weighted by Crippen LogP contribution is 2.30. The van der Waals surface area contributed by atoms with Gasteiger partial charge in [0.1, 0.15) is 5.82 Å². The van der Waals surface area contributed by atoms with Gasteiger partial charge in [-0.1, -0.05) is 6.07 Å². The van der Waals surface area contributed by atoms with Crippen molar-refractivity contribution in [2.45, 2.75) is 50.5 Å². The van der Waals surface area contributed by atoms with Crippen LogP contribution in [0.2, 0.25) is 0 Å². The molecular weight excluding hydrogens is 326 g/mol. The Hall–Kier alpha value is -1.70. The van der Waals surface area contributed by atoms with E-state index in [0.29, 0.717) is 31.2 Å². The minimum Gasteiger partial charge on any atom is -0.372 e. The van der Waals surface area contributed by atoms with E-state index in [1.165, 1.54) is 0 Å². The third-order valence-electron chi connectivity index (χ3n) is 4.95. The SMILES string of the molecule is Cc1nccn1C[C@@H]1CCCN1S(=O)(=O)c1ccc2c(c1)COC2. The van der Waals surface area contributed by atoms with Gasteiger partial charge in [0.15, 0.2) is 0 Å². The quantitative estimate of drug-likeness (QED) is 0.849. The van der Waals surface area contributed by atoms with Crippen LogP contribution in [0.15, 0.2) is 35.5 Å². The lowest BCUT2D eigenvalue weighted by Crippen LogP contribution is -2.38. The molecule has 1 aromatic carbocycles. The summed E-state index contributed by atoms with van der Waals surface area (Å²) in [6.45, 7) is 4.24. The first-order valence-electron chi connectivity index (χ1n) is 8.25. The molecule has 2 aliphatic rings. The van der Waals surface area contributed by atoms with E-state index >= 15 is 0 Å². The Morgan fingerprint density at radius 2 is 2.12 bits per heavy atom. The van der Waals surface area contributed by atoms with Crippen LogP contribution < -0.4 is 0 Å². The molecule has 2 aromatic rings. The Morgan fingerprint density at radius 3 is 2.92 bits per heavy atom. The Bertz CT molecular complexity index is 860. The zero-order chi connectivity index (χ0) is 16.7. The highest BCUT2D eigenvalue weighted by molar-refractivity contribution is 7.89. The molecule has 6 nitrogen and oxygen atoms in total. The summed E-state index contributed by atoms with van der Waals surface area (Å²) in [7, 11) is -3.48. The molecule has 1 fully saturated rings. The monoisotopic (exact) mass is 347 g/mol. The van der Waals surface area contributed by atoms with Gasteiger partial charge in [-0.3, -0.25) is 0 Å². The predicted molar refractivity (Wildman–Crippen MR) is 88.8 cm³/mol. The van der Waals surface area contributed by atoms with E-state index in [-0.39, 0.29) is 6.04 Å². The van der Waals surface area contributed by atoms with Crippen molar-refractivity contribution < 1.29 is 13.2 Å². The first kappa shape index (κ1) is 15.8. The van der Waals surface area contributed by atoms with Crippen LogP contribution in [0.1, 0.15) is 29.8 Å².